The average molecular weight is 271 g/mol. The van der Waals surface area contributed by atoms with E-state index in [1.165, 1.54) is 0 Å². The minimum atomic E-state index is 0.170. The maximum absolute atomic E-state index is 5.44. The first-order valence-corrected chi connectivity index (χ1v) is 6.87. The molecule has 3 heteroatoms. The van der Waals surface area contributed by atoms with Gasteiger partial charge < -0.3 is 14.8 Å². The molecule has 2 aromatic rings. The highest BCUT2D eigenvalue weighted by molar-refractivity contribution is 5.49. The van der Waals surface area contributed by atoms with E-state index in [4.69, 9.17) is 9.47 Å². The Hall–Kier alpha value is -2.16. The molecule has 0 bridgehead atoms. The van der Waals surface area contributed by atoms with Gasteiger partial charge in [-0.3, -0.25) is 0 Å². The molecule has 0 amide bonds. The van der Waals surface area contributed by atoms with Crippen molar-refractivity contribution in [3.63, 3.8) is 0 Å². The first kappa shape index (κ1) is 14.3. The van der Waals surface area contributed by atoms with Gasteiger partial charge in [-0.05, 0) is 44.2 Å². The van der Waals surface area contributed by atoms with Gasteiger partial charge in [-0.15, -0.1) is 0 Å². The van der Waals surface area contributed by atoms with Gasteiger partial charge in [0.05, 0.1) is 19.8 Å². The second-order valence-electron chi connectivity index (χ2n) is 4.57. The van der Waals surface area contributed by atoms with Crippen LogP contribution in [0.15, 0.2) is 48.5 Å². The summed E-state index contributed by atoms with van der Waals surface area (Å²) in [5.74, 6) is 1.79. The van der Waals surface area contributed by atoms with E-state index in [1.54, 1.807) is 7.11 Å². The molecule has 20 heavy (non-hydrogen) atoms. The van der Waals surface area contributed by atoms with Crippen LogP contribution in [-0.4, -0.2) is 13.7 Å². The van der Waals surface area contributed by atoms with E-state index in [2.05, 4.69) is 18.3 Å². The fourth-order valence-corrected chi connectivity index (χ4v) is 2.17. The summed E-state index contributed by atoms with van der Waals surface area (Å²) in [6.45, 7) is 4.79. The van der Waals surface area contributed by atoms with Gasteiger partial charge in [0.1, 0.15) is 11.5 Å². The summed E-state index contributed by atoms with van der Waals surface area (Å²) < 4.78 is 10.8. The third-order valence-corrected chi connectivity index (χ3v) is 3.15. The molecule has 0 fully saturated rings. The highest BCUT2D eigenvalue weighted by Crippen LogP contribution is 2.27. The van der Waals surface area contributed by atoms with Crippen LogP contribution in [0.4, 0.5) is 5.69 Å². The Bertz CT molecular complexity index is 537. The zero-order chi connectivity index (χ0) is 14.4. The van der Waals surface area contributed by atoms with E-state index in [1.807, 2.05) is 49.4 Å². The molecule has 0 saturated carbocycles. The monoisotopic (exact) mass is 271 g/mol. The lowest BCUT2D eigenvalue weighted by Gasteiger charge is -2.18. The van der Waals surface area contributed by atoms with Crippen molar-refractivity contribution >= 4 is 5.69 Å². The predicted molar refractivity (Wildman–Crippen MR) is 82.6 cm³/mol. The van der Waals surface area contributed by atoms with Crippen LogP contribution in [-0.2, 0) is 0 Å². The zero-order valence-corrected chi connectivity index (χ0v) is 12.2. The summed E-state index contributed by atoms with van der Waals surface area (Å²) in [7, 11) is 1.70. The van der Waals surface area contributed by atoms with Gasteiger partial charge >= 0.3 is 0 Å². The van der Waals surface area contributed by atoms with Crippen LogP contribution in [0.2, 0.25) is 0 Å². The van der Waals surface area contributed by atoms with E-state index < -0.39 is 0 Å². The standard InChI is InChI=1S/C17H21NO2/c1-4-20-15-11-9-14(10-12-15)18-13(2)16-7-5-6-8-17(16)19-3/h5-13,18H,4H2,1-3H3. The lowest BCUT2D eigenvalue weighted by molar-refractivity contribution is 0.340. The SMILES string of the molecule is CCOc1ccc(NC(C)c2ccccc2OC)cc1. The summed E-state index contributed by atoms with van der Waals surface area (Å²) in [6, 6.07) is 16.2. The molecule has 0 saturated heterocycles. The normalized spacial score (nSPS) is 11.8. The zero-order valence-electron chi connectivity index (χ0n) is 12.2. The Morgan fingerprint density at radius 2 is 1.75 bits per heavy atom. The quantitative estimate of drug-likeness (QED) is 0.851. The van der Waals surface area contributed by atoms with Crippen LogP contribution in [0, 0.1) is 0 Å². The lowest BCUT2D eigenvalue weighted by atomic mass is 10.1. The number of nitrogens with one attached hydrogen (secondary N) is 1. The molecule has 106 valence electrons. The maximum atomic E-state index is 5.44. The van der Waals surface area contributed by atoms with E-state index >= 15 is 0 Å². The number of benzene rings is 2. The summed E-state index contributed by atoms with van der Waals surface area (Å²) in [4.78, 5) is 0. The Balaban J connectivity index is 2.08. The molecule has 0 radical (unpaired) electrons. The van der Waals surface area contributed by atoms with Crippen molar-refractivity contribution in [2.24, 2.45) is 0 Å². The first-order chi connectivity index (χ1) is 9.74. The molecular formula is C17H21NO2. The van der Waals surface area contributed by atoms with Gasteiger partial charge in [0, 0.05) is 11.3 Å². The van der Waals surface area contributed by atoms with Gasteiger partial charge in [0.25, 0.3) is 0 Å². The fraction of sp³-hybridized carbons (Fsp3) is 0.294. The molecule has 2 rings (SSSR count). The molecule has 1 unspecified atom stereocenters. The number of hydrogen-bond donors (Lipinski definition) is 1. The fourth-order valence-electron chi connectivity index (χ4n) is 2.17. The van der Waals surface area contributed by atoms with Crippen molar-refractivity contribution in [3.8, 4) is 11.5 Å². The number of ether oxygens (including phenoxy) is 2. The van der Waals surface area contributed by atoms with Crippen molar-refractivity contribution in [2.75, 3.05) is 19.0 Å². The second kappa shape index (κ2) is 6.85. The summed E-state index contributed by atoms with van der Waals surface area (Å²) in [5, 5.41) is 3.47. The van der Waals surface area contributed by atoms with Crippen LogP contribution in [0.1, 0.15) is 25.5 Å². The van der Waals surface area contributed by atoms with Crippen molar-refractivity contribution in [1.29, 1.82) is 0 Å². The van der Waals surface area contributed by atoms with E-state index in [0.29, 0.717) is 6.61 Å². The van der Waals surface area contributed by atoms with Crippen molar-refractivity contribution < 1.29 is 9.47 Å². The van der Waals surface area contributed by atoms with Crippen molar-refractivity contribution in [3.05, 3.63) is 54.1 Å². The highest BCUT2D eigenvalue weighted by Gasteiger charge is 2.10. The van der Waals surface area contributed by atoms with Crippen molar-refractivity contribution in [2.45, 2.75) is 19.9 Å². The van der Waals surface area contributed by atoms with E-state index in [-0.39, 0.29) is 6.04 Å². The Morgan fingerprint density at radius 1 is 1.05 bits per heavy atom. The number of hydrogen-bond acceptors (Lipinski definition) is 3. The molecule has 0 aliphatic heterocycles. The molecule has 0 aliphatic carbocycles. The molecule has 0 aliphatic rings. The Labute approximate surface area is 120 Å². The largest absolute Gasteiger partial charge is 0.496 e. The van der Waals surface area contributed by atoms with E-state index in [9.17, 15) is 0 Å². The molecular weight excluding hydrogens is 250 g/mol. The molecule has 0 spiro atoms. The predicted octanol–water partition coefficient (Wildman–Crippen LogP) is 4.27. The number of para-hydroxylation sites is 1. The van der Waals surface area contributed by atoms with Gasteiger partial charge in [-0.2, -0.15) is 0 Å². The number of rotatable bonds is 6. The minimum Gasteiger partial charge on any atom is -0.496 e. The van der Waals surface area contributed by atoms with Crippen molar-refractivity contribution in [1.82, 2.24) is 0 Å². The third kappa shape index (κ3) is 3.44. The van der Waals surface area contributed by atoms with Crippen LogP contribution < -0.4 is 14.8 Å². The molecule has 0 aromatic heterocycles. The van der Waals surface area contributed by atoms with Crippen LogP contribution in [0.3, 0.4) is 0 Å². The minimum absolute atomic E-state index is 0.170. The average Bonchev–Trinajstić information content (AvgIpc) is 2.49. The number of anilines is 1. The van der Waals surface area contributed by atoms with Gasteiger partial charge in [-0.25, -0.2) is 0 Å². The maximum Gasteiger partial charge on any atom is 0.124 e. The van der Waals surface area contributed by atoms with Crippen LogP contribution in [0.5, 0.6) is 11.5 Å². The Morgan fingerprint density at radius 3 is 2.40 bits per heavy atom. The number of methoxy groups -OCH3 is 1. The summed E-state index contributed by atoms with van der Waals surface area (Å²) in [6.07, 6.45) is 0. The molecule has 3 nitrogen and oxygen atoms in total. The van der Waals surface area contributed by atoms with E-state index in [0.717, 1.165) is 22.7 Å². The molecule has 1 N–H and O–H groups in total. The first-order valence-electron chi connectivity index (χ1n) is 6.87. The highest BCUT2D eigenvalue weighted by atomic mass is 16.5. The summed E-state index contributed by atoms with van der Waals surface area (Å²) in [5.41, 5.74) is 2.20. The van der Waals surface area contributed by atoms with Gasteiger partial charge in [0.2, 0.25) is 0 Å². The van der Waals surface area contributed by atoms with Crippen LogP contribution in [0.25, 0.3) is 0 Å². The Kier molecular flexibility index (Phi) is 4.88. The van der Waals surface area contributed by atoms with Gasteiger partial charge in [0.15, 0.2) is 0 Å². The topological polar surface area (TPSA) is 30.5 Å². The van der Waals surface area contributed by atoms with Crippen LogP contribution >= 0.6 is 0 Å². The smallest absolute Gasteiger partial charge is 0.124 e. The second-order valence-corrected chi connectivity index (χ2v) is 4.57. The third-order valence-electron chi connectivity index (χ3n) is 3.15. The summed E-state index contributed by atoms with van der Waals surface area (Å²) >= 11 is 0. The van der Waals surface area contributed by atoms with Gasteiger partial charge in [-0.1, -0.05) is 18.2 Å². The lowest BCUT2D eigenvalue weighted by Crippen LogP contribution is -2.08. The molecule has 1 atom stereocenters. The molecule has 2 aromatic carbocycles. The molecule has 0 heterocycles.